The fraction of sp³-hybridized carbons (Fsp3) is 0.850. The van der Waals surface area contributed by atoms with Gasteiger partial charge in [-0.05, 0) is 36.5 Å². The first-order valence-electron chi connectivity index (χ1n) is 9.98. The average Bonchev–Trinajstić information content (AvgIpc) is 2.60. The number of carbonyl (C=O) groups is 1. The van der Waals surface area contributed by atoms with Crippen molar-refractivity contribution in [2.75, 3.05) is 39.4 Å². The first-order chi connectivity index (χ1) is 12.4. The van der Waals surface area contributed by atoms with Gasteiger partial charge < -0.3 is 20.3 Å². The summed E-state index contributed by atoms with van der Waals surface area (Å²) in [6.07, 6.45) is 5.92. The van der Waals surface area contributed by atoms with Crippen molar-refractivity contribution in [1.82, 2.24) is 10.2 Å². The molecule has 6 heteroatoms. The summed E-state index contributed by atoms with van der Waals surface area (Å²) in [5.41, 5.74) is 1.72. The van der Waals surface area contributed by atoms with Crippen molar-refractivity contribution in [3.63, 3.8) is 0 Å². The molecular weight excluding hydrogens is 332 g/mol. The third-order valence-electron chi connectivity index (χ3n) is 6.56. The lowest BCUT2D eigenvalue weighted by Crippen LogP contribution is -2.42. The summed E-state index contributed by atoms with van der Waals surface area (Å²) >= 11 is 0. The van der Waals surface area contributed by atoms with Crippen LogP contribution in [0.15, 0.2) is 11.6 Å². The molecule has 0 aromatic rings. The van der Waals surface area contributed by atoms with E-state index in [1.807, 2.05) is 4.90 Å². The molecule has 1 saturated carbocycles. The second kappa shape index (κ2) is 9.72. The number of aliphatic hydroxyl groups is 2. The van der Waals surface area contributed by atoms with Crippen LogP contribution >= 0.6 is 0 Å². The minimum absolute atomic E-state index is 0.0391. The molecule has 4 unspecified atom stereocenters. The van der Waals surface area contributed by atoms with E-state index in [1.165, 1.54) is 5.57 Å². The van der Waals surface area contributed by atoms with Gasteiger partial charge in [0, 0.05) is 32.6 Å². The normalized spacial score (nSPS) is 31.3. The van der Waals surface area contributed by atoms with Gasteiger partial charge in [0.25, 0.3) is 0 Å². The Kier molecular flexibility index (Phi) is 7.92. The monoisotopic (exact) mass is 368 g/mol. The first-order valence-corrected chi connectivity index (χ1v) is 9.98. The van der Waals surface area contributed by atoms with Crippen LogP contribution in [0.1, 0.15) is 46.5 Å². The Morgan fingerprint density at radius 3 is 2.65 bits per heavy atom. The van der Waals surface area contributed by atoms with Gasteiger partial charge in [-0.2, -0.15) is 0 Å². The Hall–Kier alpha value is -1.11. The van der Waals surface area contributed by atoms with E-state index >= 15 is 0 Å². The maximum absolute atomic E-state index is 12.1. The molecule has 1 fully saturated rings. The summed E-state index contributed by atoms with van der Waals surface area (Å²) in [6, 6.07) is 0. The van der Waals surface area contributed by atoms with E-state index in [9.17, 15) is 4.79 Å². The van der Waals surface area contributed by atoms with Crippen molar-refractivity contribution in [2.24, 2.45) is 17.3 Å². The van der Waals surface area contributed by atoms with Gasteiger partial charge in [-0.3, -0.25) is 4.90 Å². The molecular formula is C20H36N2O4. The van der Waals surface area contributed by atoms with Crippen LogP contribution < -0.4 is 5.32 Å². The minimum Gasteiger partial charge on any atom is -0.446 e. The summed E-state index contributed by atoms with van der Waals surface area (Å²) in [5, 5.41) is 20.8. The van der Waals surface area contributed by atoms with Crippen LogP contribution in [0.4, 0.5) is 4.79 Å². The van der Waals surface area contributed by atoms with E-state index in [1.54, 1.807) is 0 Å². The zero-order valence-corrected chi connectivity index (χ0v) is 16.5. The van der Waals surface area contributed by atoms with E-state index in [2.05, 4.69) is 32.2 Å². The lowest BCUT2D eigenvalue weighted by atomic mass is 9.57. The Bertz CT molecular complexity index is 490. The van der Waals surface area contributed by atoms with Crippen LogP contribution in [0.2, 0.25) is 0 Å². The summed E-state index contributed by atoms with van der Waals surface area (Å²) < 4.78 is 5.64. The molecule has 0 radical (unpaired) electrons. The van der Waals surface area contributed by atoms with Crippen LogP contribution in [-0.4, -0.2) is 66.7 Å². The highest BCUT2D eigenvalue weighted by molar-refractivity contribution is 5.67. The number of aliphatic hydroxyl groups excluding tert-OH is 2. The van der Waals surface area contributed by atoms with Gasteiger partial charge in [0.2, 0.25) is 0 Å². The molecule has 6 nitrogen and oxygen atoms in total. The molecule has 0 saturated heterocycles. The van der Waals surface area contributed by atoms with E-state index in [0.29, 0.717) is 38.0 Å². The Balaban J connectivity index is 1.77. The number of carbonyl (C=O) groups excluding carboxylic acids is 1. The molecule has 2 rings (SSSR count). The number of allylic oxidation sites excluding steroid dienone is 1. The van der Waals surface area contributed by atoms with Gasteiger partial charge in [-0.15, -0.1) is 0 Å². The third-order valence-corrected chi connectivity index (χ3v) is 6.56. The Morgan fingerprint density at radius 2 is 2.00 bits per heavy atom. The van der Waals surface area contributed by atoms with Crippen LogP contribution in [0.5, 0.6) is 0 Å². The molecule has 0 spiro atoms. The number of ether oxygens (including phenoxy) is 1. The second-order valence-corrected chi connectivity index (χ2v) is 8.13. The Labute approximate surface area is 157 Å². The molecule has 0 aliphatic heterocycles. The van der Waals surface area contributed by atoms with Crippen molar-refractivity contribution >= 4 is 6.09 Å². The van der Waals surface area contributed by atoms with Gasteiger partial charge in [0.1, 0.15) is 6.10 Å². The Morgan fingerprint density at radius 1 is 1.31 bits per heavy atom. The highest BCUT2D eigenvalue weighted by Gasteiger charge is 2.44. The minimum atomic E-state index is -0.371. The molecule has 2 aliphatic rings. The fourth-order valence-electron chi connectivity index (χ4n) is 4.43. The van der Waals surface area contributed by atoms with E-state index in [-0.39, 0.29) is 30.8 Å². The van der Waals surface area contributed by atoms with E-state index in [0.717, 1.165) is 25.7 Å². The molecule has 26 heavy (non-hydrogen) atoms. The number of alkyl carbamates (subject to hydrolysis) is 1. The average molecular weight is 369 g/mol. The van der Waals surface area contributed by atoms with Crippen LogP contribution in [-0.2, 0) is 4.74 Å². The summed E-state index contributed by atoms with van der Waals surface area (Å²) in [4.78, 5) is 14.0. The number of fused-ring (bicyclic) bond motifs is 1. The van der Waals surface area contributed by atoms with Gasteiger partial charge in [-0.25, -0.2) is 4.79 Å². The smallest absolute Gasteiger partial charge is 0.407 e. The van der Waals surface area contributed by atoms with Crippen LogP contribution in [0.25, 0.3) is 0 Å². The molecule has 0 aromatic carbocycles. The SMILES string of the molecule is CC1CC=C2CC(OC(=O)NCCN(CCO)CCO)CCC2(C)C1C. The maximum atomic E-state index is 12.1. The van der Waals surface area contributed by atoms with Crippen molar-refractivity contribution in [1.29, 1.82) is 0 Å². The third kappa shape index (κ3) is 5.21. The lowest BCUT2D eigenvalue weighted by Gasteiger charge is -2.48. The van der Waals surface area contributed by atoms with Crippen molar-refractivity contribution in [3.8, 4) is 0 Å². The topological polar surface area (TPSA) is 82.0 Å². The predicted octanol–water partition coefficient (Wildman–Crippen LogP) is 2.16. The van der Waals surface area contributed by atoms with Gasteiger partial charge >= 0.3 is 6.09 Å². The second-order valence-electron chi connectivity index (χ2n) is 8.13. The molecule has 0 heterocycles. The summed E-state index contributed by atoms with van der Waals surface area (Å²) in [6.45, 7) is 9.14. The molecule has 3 N–H and O–H groups in total. The molecule has 2 aliphatic carbocycles. The zero-order chi connectivity index (χ0) is 19.2. The highest BCUT2D eigenvalue weighted by Crippen LogP contribution is 2.52. The van der Waals surface area contributed by atoms with Crippen molar-refractivity contribution in [2.45, 2.75) is 52.6 Å². The summed E-state index contributed by atoms with van der Waals surface area (Å²) in [7, 11) is 0. The van der Waals surface area contributed by atoms with Gasteiger partial charge in [0.15, 0.2) is 0 Å². The number of nitrogens with zero attached hydrogens (tertiary/aromatic N) is 1. The van der Waals surface area contributed by atoms with Gasteiger partial charge in [-0.1, -0.05) is 32.4 Å². The lowest BCUT2D eigenvalue weighted by molar-refractivity contribution is 0.0416. The van der Waals surface area contributed by atoms with E-state index < -0.39 is 0 Å². The number of hydrogen-bond donors (Lipinski definition) is 3. The number of hydrogen-bond acceptors (Lipinski definition) is 5. The number of nitrogens with one attached hydrogen (secondary N) is 1. The quantitative estimate of drug-likeness (QED) is 0.572. The predicted molar refractivity (Wildman–Crippen MR) is 102 cm³/mol. The van der Waals surface area contributed by atoms with Crippen LogP contribution in [0.3, 0.4) is 0 Å². The van der Waals surface area contributed by atoms with Crippen molar-refractivity contribution < 1.29 is 19.7 Å². The highest BCUT2D eigenvalue weighted by atomic mass is 16.6. The zero-order valence-electron chi connectivity index (χ0n) is 16.5. The molecule has 0 bridgehead atoms. The van der Waals surface area contributed by atoms with Crippen LogP contribution in [0, 0.1) is 17.3 Å². The largest absolute Gasteiger partial charge is 0.446 e. The van der Waals surface area contributed by atoms with Crippen molar-refractivity contribution in [3.05, 3.63) is 11.6 Å². The standard InChI is InChI=1S/C20H36N2O4/c1-15-4-5-17-14-18(6-7-20(17,3)16(15)2)26-19(25)21-8-9-22(10-12-23)11-13-24/h5,15-16,18,23-24H,4,6-14H2,1-3H3,(H,21,25). The maximum Gasteiger partial charge on any atom is 0.407 e. The molecule has 4 atom stereocenters. The molecule has 1 amide bonds. The summed E-state index contributed by atoms with van der Waals surface area (Å²) in [5.74, 6) is 1.38. The van der Waals surface area contributed by atoms with Gasteiger partial charge in [0.05, 0.1) is 13.2 Å². The first kappa shape index (κ1) is 21.2. The number of amides is 1. The number of rotatable bonds is 8. The molecule has 0 aromatic heterocycles. The van der Waals surface area contributed by atoms with E-state index in [4.69, 9.17) is 14.9 Å². The molecule has 150 valence electrons. The fourth-order valence-corrected chi connectivity index (χ4v) is 4.43.